The zero-order valence-electron chi connectivity index (χ0n) is 14.1. The first-order valence-corrected chi connectivity index (χ1v) is 7.80. The van der Waals surface area contributed by atoms with E-state index in [1.165, 1.54) is 6.07 Å². The second-order valence-electron chi connectivity index (χ2n) is 6.61. The van der Waals surface area contributed by atoms with Gasteiger partial charge in [0.2, 0.25) is 11.8 Å². The fourth-order valence-electron chi connectivity index (χ4n) is 2.20. The molecule has 1 amide bonds. The van der Waals surface area contributed by atoms with Crippen LogP contribution >= 0.6 is 0 Å². The molecule has 2 rings (SSSR count). The number of carbonyl (C=O) groups excluding carboxylic acids is 1. The summed E-state index contributed by atoms with van der Waals surface area (Å²) in [6, 6.07) is 6.69. The summed E-state index contributed by atoms with van der Waals surface area (Å²) < 4.78 is 5.61. The van der Waals surface area contributed by atoms with E-state index in [1.54, 1.807) is 24.4 Å². The summed E-state index contributed by atoms with van der Waals surface area (Å²) in [5, 5.41) is 11.9. The van der Waals surface area contributed by atoms with Crippen LogP contribution in [0.15, 0.2) is 34.9 Å². The molecule has 0 bridgehead atoms. The van der Waals surface area contributed by atoms with Gasteiger partial charge < -0.3 is 14.8 Å². The van der Waals surface area contributed by atoms with Crippen LogP contribution in [0.25, 0.3) is 0 Å². The molecule has 6 nitrogen and oxygen atoms in total. The molecule has 2 N–H and O–H groups in total. The highest BCUT2D eigenvalue weighted by molar-refractivity contribution is 5.89. The van der Waals surface area contributed by atoms with E-state index in [0.717, 1.165) is 5.76 Å². The first kappa shape index (κ1) is 17.7. The van der Waals surface area contributed by atoms with Crippen LogP contribution in [-0.2, 0) is 23.2 Å². The van der Waals surface area contributed by atoms with Crippen LogP contribution in [0.5, 0.6) is 0 Å². The van der Waals surface area contributed by atoms with Crippen molar-refractivity contribution in [1.82, 2.24) is 10.3 Å². The molecule has 0 aliphatic heterocycles. The highest BCUT2D eigenvalue weighted by Gasteiger charge is 2.19. The molecule has 1 aromatic carbocycles. The van der Waals surface area contributed by atoms with Gasteiger partial charge in [0.1, 0.15) is 5.76 Å². The molecule has 0 aliphatic rings. The molecule has 0 saturated heterocycles. The van der Waals surface area contributed by atoms with Crippen LogP contribution in [0.2, 0.25) is 0 Å². The Kier molecular flexibility index (Phi) is 5.39. The van der Waals surface area contributed by atoms with Crippen LogP contribution in [0.4, 0.5) is 0 Å². The number of aromatic carboxylic acids is 1. The van der Waals surface area contributed by atoms with E-state index in [4.69, 9.17) is 9.52 Å². The Bertz CT molecular complexity index is 729. The summed E-state index contributed by atoms with van der Waals surface area (Å²) in [6.45, 7) is 6.29. The molecular formula is C18H22N2O4. The molecule has 2 aromatic rings. The van der Waals surface area contributed by atoms with E-state index in [0.29, 0.717) is 17.9 Å². The minimum Gasteiger partial charge on any atom is -0.478 e. The number of hydrogen-bond donors (Lipinski definition) is 2. The molecular weight excluding hydrogens is 308 g/mol. The van der Waals surface area contributed by atoms with Crippen molar-refractivity contribution in [1.29, 1.82) is 0 Å². The van der Waals surface area contributed by atoms with Gasteiger partial charge in [-0.05, 0) is 18.1 Å². The third kappa shape index (κ3) is 4.68. The number of amides is 1. The molecule has 0 fully saturated rings. The Hall–Kier alpha value is -2.63. The Balaban J connectivity index is 1.86. The van der Waals surface area contributed by atoms with Gasteiger partial charge in [-0.1, -0.05) is 39.0 Å². The van der Waals surface area contributed by atoms with Crippen molar-refractivity contribution in [3.63, 3.8) is 0 Å². The fraction of sp³-hybridized carbons (Fsp3) is 0.389. The topological polar surface area (TPSA) is 92.4 Å². The number of nitrogens with one attached hydrogen (secondary N) is 1. The number of hydrogen-bond acceptors (Lipinski definition) is 4. The lowest BCUT2D eigenvalue weighted by atomic mass is 9.94. The number of benzene rings is 1. The smallest absolute Gasteiger partial charge is 0.335 e. The first-order chi connectivity index (χ1) is 11.3. The van der Waals surface area contributed by atoms with Crippen molar-refractivity contribution < 1.29 is 19.1 Å². The number of carboxylic acid groups (broad SMARTS) is 1. The monoisotopic (exact) mass is 330 g/mol. The van der Waals surface area contributed by atoms with Crippen molar-refractivity contribution >= 4 is 11.9 Å². The fourth-order valence-corrected chi connectivity index (χ4v) is 2.20. The molecule has 6 heteroatoms. The van der Waals surface area contributed by atoms with Crippen molar-refractivity contribution in [3.8, 4) is 0 Å². The number of carbonyl (C=O) groups is 2. The summed E-state index contributed by atoms with van der Waals surface area (Å²) >= 11 is 0. The van der Waals surface area contributed by atoms with E-state index in [-0.39, 0.29) is 29.9 Å². The quantitative estimate of drug-likeness (QED) is 0.849. The average molecular weight is 330 g/mol. The Morgan fingerprint density at radius 1 is 1.25 bits per heavy atom. The van der Waals surface area contributed by atoms with Gasteiger partial charge in [0, 0.05) is 11.8 Å². The van der Waals surface area contributed by atoms with Crippen LogP contribution < -0.4 is 5.32 Å². The molecule has 0 spiro atoms. The summed E-state index contributed by atoms with van der Waals surface area (Å²) in [5.74, 6) is 0.0625. The van der Waals surface area contributed by atoms with Gasteiger partial charge in [-0.3, -0.25) is 4.79 Å². The van der Waals surface area contributed by atoms with Crippen LogP contribution in [0, 0.1) is 0 Å². The lowest BCUT2D eigenvalue weighted by molar-refractivity contribution is -0.121. The minimum atomic E-state index is -0.986. The van der Waals surface area contributed by atoms with Crippen LogP contribution in [0.1, 0.15) is 54.8 Å². The average Bonchev–Trinajstić information content (AvgIpc) is 3.00. The molecule has 0 unspecified atom stereocenters. The zero-order chi connectivity index (χ0) is 17.7. The van der Waals surface area contributed by atoms with E-state index in [1.807, 2.05) is 20.8 Å². The Morgan fingerprint density at radius 3 is 2.58 bits per heavy atom. The predicted molar refractivity (Wildman–Crippen MR) is 88.8 cm³/mol. The summed E-state index contributed by atoms with van der Waals surface area (Å²) in [6.07, 6.45) is 2.24. The maximum Gasteiger partial charge on any atom is 0.335 e. The van der Waals surface area contributed by atoms with Crippen molar-refractivity contribution in [2.24, 2.45) is 0 Å². The third-order valence-corrected chi connectivity index (χ3v) is 3.60. The van der Waals surface area contributed by atoms with Crippen LogP contribution in [-0.4, -0.2) is 22.0 Å². The van der Waals surface area contributed by atoms with Crippen LogP contribution in [0.3, 0.4) is 0 Å². The number of nitrogens with zero attached hydrogens (tertiary/aromatic N) is 1. The number of rotatable bonds is 6. The van der Waals surface area contributed by atoms with E-state index in [2.05, 4.69) is 10.3 Å². The molecule has 0 atom stereocenters. The molecule has 0 saturated carbocycles. The summed E-state index contributed by atoms with van der Waals surface area (Å²) in [7, 11) is 0. The lowest BCUT2D eigenvalue weighted by Gasteiger charge is -2.13. The molecule has 24 heavy (non-hydrogen) atoms. The maximum atomic E-state index is 11.9. The van der Waals surface area contributed by atoms with Crippen molar-refractivity contribution in [2.45, 2.75) is 45.6 Å². The number of aryl methyl sites for hydroxylation is 1. The second-order valence-corrected chi connectivity index (χ2v) is 6.61. The largest absolute Gasteiger partial charge is 0.478 e. The van der Waals surface area contributed by atoms with Crippen molar-refractivity contribution in [3.05, 3.63) is 53.2 Å². The van der Waals surface area contributed by atoms with Gasteiger partial charge in [-0.25, -0.2) is 9.78 Å². The number of oxazole rings is 1. The highest BCUT2D eigenvalue weighted by atomic mass is 16.4. The van der Waals surface area contributed by atoms with Gasteiger partial charge in [0.25, 0.3) is 0 Å². The SMILES string of the molecule is CC(C)(C)c1cnc(CNC(=O)CCc2ccccc2C(=O)O)o1. The van der Waals surface area contributed by atoms with Gasteiger partial charge in [-0.15, -0.1) is 0 Å². The van der Waals surface area contributed by atoms with Gasteiger partial charge in [0.05, 0.1) is 18.3 Å². The third-order valence-electron chi connectivity index (χ3n) is 3.60. The van der Waals surface area contributed by atoms with Gasteiger partial charge >= 0.3 is 5.97 Å². The second kappa shape index (κ2) is 7.29. The van der Waals surface area contributed by atoms with Gasteiger partial charge in [0.15, 0.2) is 0 Å². The lowest BCUT2D eigenvalue weighted by Crippen LogP contribution is -2.23. The first-order valence-electron chi connectivity index (χ1n) is 7.80. The van der Waals surface area contributed by atoms with E-state index >= 15 is 0 Å². The summed E-state index contributed by atoms with van der Waals surface area (Å²) in [4.78, 5) is 27.2. The maximum absolute atomic E-state index is 11.9. The normalized spacial score (nSPS) is 11.3. The summed E-state index contributed by atoms with van der Waals surface area (Å²) in [5.41, 5.74) is 0.745. The number of aromatic nitrogens is 1. The number of carboxylic acids is 1. The molecule has 0 radical (unpaired) electrons. The molecule has 0 aliphatic carbocycles. The van der Waals surface area contributed by atoms with E-state index in [9.17, 15) is 9.59 Å². The Labute approximate surface area is 140 Å². The zero-order valence-corrected chi connectivity index (χ0v) is 14.1. The molecule has 1 aromatic heterocycles. The predicted octanol–water partition coefficient (Wildman–Crippen LogP) is 2.92. The Morgan fingerprint density at radius 2 is 1.96 bits per heavy atom. The van der Waals surface area contributed by atoms with Crippen molar-refractivity contribution in [2.75, 3.05) is 0 Å². The van der Waals surface area contributed by atoms with E-state index < -0.39 is 5.97 Å². The minimum absolute atomic E-state index is 0.129. The standard InChI is InChI=1S/C18H22N2O4/c1-18(2,3)14-10-20-16(24-14)11-19-15(21)9-8-12-6-4-5-7-13(12)17(22)23/h4-7,10H,8-9,11H2,1-3H3,(H,19,21)(H,22,23). The van der Waals surface area contributed by atoms with Gasteiger partial charge in [-0.2, -0.15) is 0 Å². The highest BCUT2D eigenvalue weighted by Crippen LogP contribution is 2.22. The molecule has 128 valence electrons. The molecule has 1 heterocycles.